The minimum atomic E-state index is -0.590. The summed E-state index contributed by atoms with van der Waals surface area (Å²) in [4.78, 5) is 11.6. The SMILES string of the molecule is COc1cc(C(N)=O)c(-n2ccc(C#N)c2)cc1OC. The van der Waals surface area contributed by atoms with Crippen LogP contribution in [0.3, 0.4) is 0 Å². The summed E-state index contributed by atoms with van der Waals surface area (Å²) < 4.78 is 12.0. The highest BCUT2D eigenvalue weighted by molar-refractivity contribution is 5.97. The van der Waals surface area contributed by atoms with E-state index in [0.717, 1.165) is 0 Å². The van der Waals surface area contributed by atoms with Crippen molar-refractivity contribution in [2.24, 2.45) is 5.73 Å². The van der Waals surface area contributed by atoms with E-state index in [4.69, 9.17) is 20.5 Å². The van der Waals surface area contributed by atoms with Crippen LogP contribution in [0.25, 0.3) is 5.69 Å². The molecule has 102 valence electrons. The molecule has 2 rings (SSSR count). The summed E-state index contributed by atoms with van der Waals surface area (Å²) in [5.41, 5.74) is 6.68. The van der Waals surface area contributed by atoms with Gasteiger partial charge in [0.25, 0.3) is 5.91 Å². The second-order valence-electron chi connectivity index (χ2n) is 4.01. The largest absolute Gasteiger partial charge is 0.493 e. The van der Waals surface area contributed by atoms with Gasteiger partial charge in [0.1, 0.15) is 6.07 Å². The molecule has 0 bridgehead atoms. The molecule has 0 fully saturated rings. The van der Waals surface area contributed by atoms with Gasteiger partial charge in [-0.05, 0) is 12.1 Å². The van der Waals surface area contributed by atoms with Crippen LogP contribution in [0.15, 0.2) is 30.6 Å². The van der Waals surface area contributed by atoms with Crippen molar-refractivity contribution in [1.82, 2.24) is 4.57 Å². The summed E-state index contributed by atoms with van der Waals surface area (Å²) in [6.07, 6.45) is 3.28. The third-order valence-corrected chi connectivity index (χ3v) is 2.87. The smallest absolute Gasteiger partial charge is 0.250 e. The number of nitrogens with zero attached hydrogens (tertiary/aromatic N) is 2. The second-order valence-corrected chi connectivity index (χ2v) is 4.01. The zero-order chi connectivity index (χ0) is 14.7. The molecular formula is C14H13N3O3. The van der Waals surface area contributed by atoms with E-state index in [1.165, 1.54) is 20.3 Å². The molecular weight excluding hydrogens is 258 g/mol. The molecule has 0 saturated heterocycles. The molecule has 1 amide bonds. The summed E-state index contributed by atoms with van der Waals surface area (Å²) in [6, 6.07) is 6.82. The molecule has 0 aliphatic rings. The van der Waals surface area contributed by atoms with Crippen LogP contribution in [0, 0.1) is 11.3 Å². The lowest BCUT2D eigenvalue weighted by Gasteiger charge is -2.13. The average molecular weight is 271 g/mol. The Kier molecular flexibility index (Phi) is 3.62. The summed E-state index contributed by atoms with van der Waals surface area (Å²) in [7, 11) is 2.98. The number of amides is 1. The van der Waals surface area contributed by atoms with Crippen LogP contribution < -0.4 is 15.2 Å². The van der Waals surface area contributed by atoms with Gasteiger partial charge in [0.2, 0.25) is 0 Å². The van der Waals surface area contributed by atoms with Crippen LogP contribution in [-0.2, 0) is 0 Å². The molecule has 1 aromatic carbocycles. The van der Waals surface area contributed by atoms with Gasteiger partial charge in [0, 0.05) is 18.5 Å². The summed E-state index contributed by atoms with van der Waals surface area (Å²) in [6.45, 7) is 0. The predicted octanol–water partition coefficient (Wildman–Crippen LogP) is 1.47. The van der Waals surface area contributed by atoms with Crippen molar-refractivity contribution in [3.05, 3.63) is 41.7 Å². The normalized spacial score (nSPS) is 9.85. The van der Waals surface area contributed by atoms with Crippen molar-refractivity contribution in [2.75, 3.05) is 14.2 Å². The predicted molar refractivity (Wildman–Crippen MR) is 72.1 cm³/mol. The Hall–Kier alpha value is -2.94. The van der Waals surface area contributed by atoms with E-state index < -0.39 is 5.91 Å². The Morgan fingerprint density at radius 2 is 1.95 bits per heavy atom. The van der Waals surface area contributed by atoms with Crippen molar-refractivity contribution >= 4 is 5.91 Å². The van der Waals surface area contributed by atoms with E-state index in [-0.39, 0.29) is 5.56 Å². The van der Waals surface area contributed by atoms with Gasteiger partial charge in [0.05, 0.1) is 31.0 Å². The Bertz CT molecular complexity index is 698. The number of primary amides is 1. The molecule has 0 radical (unpaired) electrons. The number of aromatic nitrogens is 1. The molecule has 2 aromatic rings. The summed E-state index contributed by atoms with van der Waals surface area (Å²) in [5.74, 6) is 0.297. The molecule has 0 spiro atoms. The molecule has 1 heterocycles. The van der Waals surface area contributed by atoms with Gasteiger partial charge in [-0.2, -0.15) is 5.26 Å². The van der Waals surface area contributed by atoms with Gasteiger partial charge >= 0.3 is 0 Å². The third-order valence-electron chi connectivity index (χ3n) is 2.87. The number of rotatable bonds is 4. The van der Waals surface area contributed by atoms with Crippen LogP contribution in [0.4, 0.5) is 0 Å². The number of methoxy groups -OCH3 is 2. The molecule has 0 aliphatic heterocycles. The average Bonchev–Trinajstić information content (AvgIpc) is 2.94. The highest BCUT2D eigenvalue weighted by atomic mass is 16.5. The number of hydrogen-bond acceptors (Lipinski definition) is 4. The molecule has 0 aliphatic carbocycles. The van der Waals surface area contributed by atoms with Gasteiger partial charge in [-0.3, -0.25) is 4.79 Å². The zero-order valence-electron chi connectivity index (χ0n) is 11.1. The van der Waals surface area contributed by atoms with E-state index in [1.807, 2.05) is 6.07 Å². The maximum absolute atomic E-state index is 11.6. The number of benzene rings is 1. The van der Waals surface area contributed by atoms with E-state index in [2.05, 4.69) is 0 Å². The van der Waals surface area contributed by atoms with Crippen molar-refractivity contribution in [1.29, 1.82) is 5.26 Å². The first kappa shape index (κ1) is 13.5. The Morgan fingerprint density at radius 1 is 1.30 bits per heavy atom. The van der Waals surface area contributed by atoms with E-state index in [0.29, 0.717) is 22.7 Å². The van der Waals surface area contributed by atoms with Crippen LogP contribution in [0.5, 0.6) is 11.5 Å². The summed E-state index contributed by atoms with van der Waals surface area (Å²) in [5, 5.41) is 8.86. The Morgan fingerprint density at radius 3 is 2.45 bits per heavy atom. The molecule has 20 heavy (non-hydrogen) atoms. The first-order chi connectivity index (χ1) is 9.60. The van der Waals surface area contributed by atoms with E-state index in [1.54, 1.807) is 29.1 Å². The molecule has 0 unspecified atom stereocenters. The third kappa shape index (κ3) is 2.29. The number of carbonyl (C=O) groups excluding carboxylic acids is 1. The van der Waals surface area contributed by atoms with Gasteiger partial charge in [-0.1, -0.05) is 0 Å². The molecule has 6 heteroatoms. The molecule has 2 N–H and O–H groups in total. The maximum atomic E-state index is 11.6. The van der Waals surface area contributed by atoms with Crippen LogP contribution >= 0.6 is 0 Å². The first-order valence-corrected chi connectivity index (χ1v) is 5.75. The number of nitriles is 1. The lowest BCUT2D eigenvalue weighted by Crippen LogP contribution is -2.15. The zero-order valence-corrected chi connectivity index (χ0v) is 11.1. The van der Waals surface area contributed by atoms with Crippen molar-refractivity contribution < 1.29 is 14.3 Å². The number of ether oxygens (including phenoxy) is 2. The van der Waals surface area contributed by atoms with E-state index >= 15 is 0 Å². The van der Waals surface area contributed by atoms with Gasteiger partial charge in [0.15, 0.2) is 11.5 Å². The van der Waals surface area contributed by atoms with Crippen molar-refractivity contribution in [2.45, 2.75) is 0 Å². The summed E-state index contributed by atoms with van der Waals surface area (Å²) >= 11 is 0. The van der Waals surface area contributed by atoms with Crippen LogP contribution in [-0.4, -0.2) is 24.7 Å². The Balaban J connectivity index is 2.66. The van der Waals surface area contributed by atoms with E-state index in [9.17, 15) is 4.79 Å². The Labute approximate surface area is 115 Å². The van der Waals surface area contributed by atoms with Crippen molar-refractivity contribution in [3.63, 3.8) is 0 Å². The fourth-order valence-electron chi connectivity index (χ4n) is 1.89. The van der Waals surface area contributed by atoms with Gasteiger partial charge in [-0.15, -0.1) is 0 Å². The fraction of sp³-hybridized carbons (Fsp3) is 0.143. The number of hydrogen-bond donors (Lipinski definition) is 1. The maximum Gasteiger partial charge on any atom is 0.250 e. The second kappa shape index (κ2) is 5.36. The number of nitrogens with two attached hydrogens (primary N) is 1. The van der Waals surface area contributed by atoms with Crippen molar-refractivity contribution in [3.8, 4) is 23.3 Å². The topological polar surface area (TPSA) is 90.3 Å². The van der Waals surface area contributed by atoms with Gasteiger partial charge < -0.3 is 19.8 Å². The highest BCUT2D eigenvalue weighted by Crippen LogP contribution is 2.32. The quantitative estimate of drug-likeness (QED) is 0.911. The molecule has 6 nitrogen and oxygen atoms in total. The minimum absolute atomic E-state index is 0.280. The van der Waals surface area contributed by atoms with Crippen LogP contribution in [0.1, 0.15) is 15.9 Å². The lowest BCUT2D eigenvalue weighted by molar-refractivity contribution is 0.1000. The molecule has 1 aromatic heterocycles. The standard InChI is InChI=1S/C14H13N3O3/c1-19-12-5-10(14(16)18)11(6-13(12)20-2)17-4-3-9(7-15)8-17/h3-6,8H,1-2H3,(H2,16,18). The monoisotopic (exact) mass is 271 g/mol. The first-order valence-electron chi connectivity index (χ1n) is 5.75. The van der Waals surface area contributed by atoms with Gasteiger partial charge in [-0.25, -0.2) is 0 Å². The minimum Gasteiger partial charge on any atom is -0.493 e. The fourth-order valence-corrected chi connectivity index (χ4v) is 1.89. The highest BCUT2D eigenvalue weighted by Gasteiger charge is 2.16. The molecule has 0 saturated carbocycles. The van der Waals surface area contributed by atoms with Crippen LogP contribution in [0.2, 0.25) is 0 Å². The lowest BCUT2D eigenvalue weighted by atomic mass is 10.1. The number of carbonyl (C=O) groups is 1. The molecule has 0 atom stereocenters.